The molecule has 0 saturated carbocycles. The average Bonchev–Trinajstić information content (AvgIpc) is 2.89. The molecule has 0 radical (unpaired) electrons. The molecule has 110 valence electrons. The van der Waals surface area contributed by atoms with Crippen molar-refractivity contribution >= 4 is 18.3 Å². The number of pyridine rings is 1. The molecule has 0 unspecified atom stereocenters. The van der Waals surface area contributed by atoms with Gasteiger partial charge in [0.25, 0.3) is 0 Å². The summed E-state index contributed by atoms with van der Waals surface area (Å²) in [4.78, 5) is 7.55. The minimum absolute atomic E-state index is 0.259. The van der Waals surface area contributed by atoms with E-state index in [0.717, 1.165) is 11.0 Å². The molecule has 0 aliphatic carbocycles. The molecule has 1 aliphatic heterocycles. The van der Waals surface area contributed by atoms with Crippen LogP contribution in [0.2, 0.25) is 0 Å². The van der Waals surface area contributed by atoms with Crippen molar-refractivity contribution in [1.82, 2.24) is 4.98 Å². The lowest BCUT2D eigenvalue weighted by molar-refractivity contribution is 0.275. The molecule has 1 N–H and O–H groups in total. The molecule has 3 rings (SSSR count). The third-order valence-corrected chi connectivity index (χ3v) is 3.22. The van der Waals surface area contributed by atoms with E-state index in [9.17, 15) is 5.02 Å². The summed E-state index contributed by atoms with van der Waals surface area (Å²) >= 11 is 0. The Kier molecular flexibility index (Phi) is 3.96. The zero-order valence-corrected chi connectivity index (χ0v) is 11.9. The number of rotatable bonds is 4. The van der Waals surface area contributed by atoms with Gasteiger partial charge in [-0.1, -0.05) is 6.07 Å². The number of hydrogen-bond acceptors (Lipinski definition) is 5. The second-order valence-corrected chi connectivity index (χ2v) is 4.64. The van der Waals surface area contributed by atoms with Crippen LogP contribution in [0.1, 0.15) is 12.5 Å². The molecular weight excluding hydrogens is 283 g/mol. The fourth-order valence-corrected chi connectivity index (χ4v) is 2.19. The van der Waals surface area contributed by atoms with Crippen LogP contribution < -0.4 is 14.9 Å². The molecular formula is C15H13BN2O4. The predicted octanol–water partition coefficient (Wildman–Crippen LogP) is 2.04. The Balaban J connectivity index is 1.84. The van der Waals surface area contributed by atoms with Crippen LogP contribution in [0.5, 0.6) is 17.5 Å². The predicted molar refractivity (Wildman–Crippen MR) is 80.6 cm³/mol. The first kappa shape index (κ1) is 14.4. The highest BCUT2D eigenvalue weighted by Crippen LogP contribution is 2.30. The summed E-state index contributed by atoms with van der Waals surface area (Å²) in [6, 6.07) is 8.53. The normalized spacial score (nSPS) is 12.7. The first-order valence-corrected chi connectivity index (χ1v) is 6.83. The van der Waals surface area contributed by atoms with Crippen LogP contribution in [-0.2, 0) is 11.3 Å². The van der Waals surface area contributed by atoms with Gasteiger partial charge in [-0.2, -0.15) is 4.98 Å². The molecule has 1 aromatic carbocycles. The Hall–Kier alpha value is -2.56. The van der Waals surface area contributed by atoms with Crippen LogP contribution in [0.3, 0.4) is 0 Å². The van der Waals surface area contributed by atoms with Crippen LogP contribution in [-0.4, -0.2) is 23.7 Å². The first-order chi connectivity index (χ1) is 10.7. The maximum atomic E-state index is 9.60. The summed E-state index contributed by atoms with van der Waals surface area (Å²) in [5.74, 6) is 1.19. The summed E-state index contributed by atoms with van der Waals surface area (Å²) in [5.41, 5.74) is 1.98. The molecule has 2 aromatic rings. The Labute approximate surface area is 128 Å². The molecule has 22 heavy (non-hydrogen) atoms. The lowest BCUT2D eigenvalue weighted by atomic mass is 9.80. The standard InChI is InChI=1S/C15H13BN2O4/c1-3-20-15-13(17-2)6-7-14(18-15)22-11-4-5-12-10(8-11)9-21-16(12)19/h4-8,19H,3,9H2,1H3. The van der Waals surface area contributed by atoms with Gasteiger partial charge in [-0.3, -0.25) is 0 Å². The van der Waals surface area contributed by atoms with E-state index in [1.807, 2.05) is 6.92 Å². The number of fused-ring (bicyclic) bond motifs is 1. The molecule has 0 atom stereocenters. The Bertz CT molecular complexity index is 745. The quantitative estimate of drug-likeness (QED) is 0.691. The van der Waals surface area contributed by atoms with Gasteiger partial charge in [0.2, 0.25) is 17.4 Å². The van der Waals surface area contributed by atoms with Gasteiger partial charge in [0.15, 0.2) is 0 Å². The van der Waals surface area contributed by atoms with Gasteiger partial charge in [-0.25, -0.2) is 4.85 Å². The molecule has 0 fully saturated rings. The zero-order chi connectivity index (χ0) is 15.5. The van der Waals surface area contributed by atoms with Gasteiger partial charge < -0.3 is 19.2 Å². The highest BCUT2D eigenvalue weighted by atomic mass is 16.5. The van der Waals surface area contributed by atoms with Crippen molar-refractivity contribution in [2.24, 2.45) is 0 Å². The van der Waals surface area contributed by atoms with Gasteiger partial charge in [-0.05, 0) is 42.2 Å². The van der Waals surface area contributed by atoms with E-state index >= 15 is 0 Å². The highest BCUT2D eigenvalue weighted by molar-refractivity contribution is 6.61. The molecule has 0 spiro atoms. The maximum Gasteiger partial charge on any atom is 0.491 e. The lowest BCUT2D eigenvalue weighted by Gasteiger charge is -2.09. The molecule has 0 bridgehead atoms. The highest BCUT2D eigenvalue weighted by Gasteiger charge is 2.27. The first-order valence-electron chi connectivity index (χ1n) is 6.83. The summed E-state index contributed by atoms with van der Waals surface area (Å²) in [6.45, 7) is 9.68. The Morgan fingerprint density at radius 3 is 3.05 bits per heavy atom. The Morgan fingerprint density at radius 2 is 2.27 bits per heavy atom. The van der Waals surface area contributed by atoms with Crippen molar-refractivity contribution in [2.75, 3.05) is 6.61 Å². The largest absolute Gasteiger partial charge is 0.491 e. The van der Waals surface area contributed by atoms with Crippen LogP contribution in [0.15, 0.2) is 30.3 Å². The number of aromatic nitrogens is 1. The van der Waals surface area contributed by atoms with Crippen LogP contribution >= 0.6 is 0 Å². The number of ether oxygens (including phenoxy) is 2. The summed E-state index contributed by atoms with van der Waals surface area (Å²) in [7, 11) is -0.871. The molecule has 7 heteroatoms. The fourth-order valence-electron chi connectivity index (χ4n) is 2.19. The van der Waals surface area contributed by atoms with E-state index in [2.05, 4.69) is 9.83 Å². The average molecular weight is 296 g/mol. The molecule has 0 amide bonds. The van der Waals surface area contributed by atoms with E-state index < -0.39 is 7.12 Å². The second kappa shape index (κ2) is 6.06. The van der Waals surface area contributed by atoms with Crippen LogP contribution in [0.4, 0.5) is 5.69 Å². The molecule has 0 saturated heterocycles. The minimum atomic E-state index is -0.871. The second-order valence-electron chi connectivity index (χ2n) is 4.64. The smallest absolute Gasteiger partial charge is 0.487 e. The number of benzene rings is 1. The zero-order valence-electron chi connectivity index (χ0n) is 11.9. The summed E-state index contributed by atoms with van der Waals surface area (Å²) < 4.78 is 16.2. The van der Waals surface area contributed by atoms with Gasteiger partial charge in [0.05, 0.1) is 19.8 Å². The van der Waals surface area contributed by atoms with E-state index in [1.54, 1.807) is 30.3 Å². The summed E-state index contributed by atoms with van der Waals surface area (Å²) in [5, 5.41) is 9.60. The van der Waals surface area contributed by atoms with Crippen molar-refractivity contribution in [3.8, 4) is 17.5 Å². The molecule has 6 nitrogen and oxygen atoms in total. The van der Waals surface area contributed by atoms with Gasteiger partial charge in [0.1, 0.15) is 5.75 Å². The lowest BCUT2D eigenvalue weighted by Crippen LogP contribution is -2.27. The number of nitrogens with zero attached hydrogens (tertiary/aromatic N) is 2. The third-order valence-electron chi connectivity index (χ3n) is 3.22. The van der Waals surface area contributed by atoms with E-state index in [1.165, 1.54) is 0 Å². The summed E-state index contributed by atoms with van der Waals surface area (Å²) in [6.07, 6.45) is 0. The molecule has 1 aliphatic rings. The van der Waals surface area contributed by atoms with Crippen molar-refractivity contribution < 1.29 is 19.2 Å². The maximum absolute atomic E-state index is 9.60. The SMILES string of the molecule is [C-]#[N+]c1ccc(Oc2ccc3c(c2)COB3O)nc1OCC. The van der Waals surface area contributed by atoms with E-state index in [-0.39, 0.29) is 5.88 Å². The fraction of sp³-hybridized carbons (Fsp3) is 0.200. The minimum Gasteiger partial charge on any atom is -0.487 e. The van der Waals surface area contributed by atoms with Gasteiger partial charge >= 0.3 is 7.12 Å². The van der Waals surface area contributed by atoms with Gasteiger partial charge in [-0.15, -0.1) is 0 Å². The van der Waals surface area contributed by atoms with Gasteiger partial charge in [0, 0.05) is 0 Å². The third kappa shape index (κ3) is 2.75. The van der Waals surface area contributed by atoms with Crippen molar-refractivity contribution in [3.05, 3.63) is 47.3 Å². The monoisotopic (exact) mass is 296 g/mol. The van der Waals surface area contributed by atoms with Crippen molar-refractivity contribution in [1.29, 1.82) is 0 Å². The van der Waals surface area contributed by atoms with Crippen molar-refractivity contribution in [3.63, 3.8) is 0 Å². The molecule has 2 heterocycles. The molecule has 1 aromatic heterocycles. The topological polar surface area (TPSA) is 65.2 Å². The van der Waals surface area contributed by atoms with E-state index in [0.29, 0.717) is 30.5 Å². The van der Waals surface area contributed by atoms with Crippen LogP contribution in [0.25, 0.3) is 4.85 Å². The van der Waals surface area contributed by atoms with E-state index in [4.69, 9.17) is 20.7 Å². The van der Waals surface area contributed by atoms with Crippen LogP contribution in [0, 0.1) is 6.57 Å². The Morgan fingerprint density at radius 1 is 1.41 bits per heavy atom. The van der Waals surface area contributed by atoms with Crippen molar-refractivity contribution in [2.45, 2.75) is 13.5 Å². The number of hydrogen-bond donors (Lipinski definition) is 1.